The SMILES string of the molecule is COC(=O)C1CCC(NC(=O)[C@@H]2CCCN2C(=O)C[C@H](N)Cc2ccccc2)CC1. The van der Waals surface area contributed by atoms with Crippen molar-refractivity contribution in [3.63, 3.8) is 0 Å². The molecule has 2 aliphatic rings. The minimum Gasteiger partial charge on any atom is -0.469 e. The maximum absolute atomic E-state index is 12.8. The summed E-state index contributed by atoms with van der Waals surface area (Å²) in [4.78, 5) is 39.0. The minimum atomic E-state index is -0.417. The summed E-state index contributed by atoms with van der Waals surface area (Å²) in [6.07, 6.45) is 5.35. The summed E-state index contributed by atoms with van der Waals surface area (Å²) in [5.74, 6) is -0.373. The second-order valence-electron chi connectivity index (χ2n) is 8.48. The normalized spacial score (nSPS) is 24.9. The first kappa shape index (κ1) is 22.3. The minimum absolute atomic E-state index is 0.0505. The number of rotatable bonds is 7. The predicted octanol–water partition coefficient (Wildman–Crippen LogP) is 1.79. The van der Waals surface area contributed by atoms with E-state index in [1.807, 2.05) is 30.3 Å². The molecule has 2 atom stereocenters. The van der Waals surface area contributed by atoms with Gasteiger partial charge >= 0.3 is 5.97 Å². The molecule has 3 N–H and O–H groups in total. The van der Waals surface area contributed by atoms with E-state index in [4.69, 9.17) is 10.5 Å². The Morgan fingerprint density at radius 1 is 1.13 bits per heavy atom. The Bertz CT molecular complexity index is 731. The zero-order valence-corrected chi connectivity index (χ0v) is 17.7. The van der Waals surface area contributed by atoms with Crippen molar-refractivity contribution in [3.05, 3.63) is 35.9 Å². The maximum Gasteiger partial charge on any atom is 0.308 e. The number of methoxy groups -OCH3 is 1. The molecule has 0 aromatic heterocycles. The van der Waals surface area contributed by atoms with Gasteiger partial charge in [-0.05, 0) is 50.5 Å². The lowest BCUT2D eigenvalue weighted by Gasteiger charge is -2.30. The summed E-state index contributed by atoms with van der Waals surface area (Å²) in [6.45, 7) is 0.601. The number of nitrogens with zero attached hydrogens (tertiary/aromatic N) is 1. The average Bonchev–Trinajstić information content (AvgIpc) is 3.24. The van der Waals surface area contributed by atoms with Crippen LogP contribution in [0.1, 0.15) is 50.5 Å². The van der Waals surface area contributed by atoms with Crippen LogP contribution >= 0.6 is 0 Å². The van der Waals surface area contributed by atoms with Crippen LogP contribution in [0.25, 0.3) is 0 Å². The van der Waals surface area contributed by atoms with Crippen molar-refractivity contribution in [1.29, 1.82) is 0 Å². The fraction of sp³-hybridized carbons (Fsp3) is 0.609. The van der Waals surface area contributed by atoms with E-state index in [9.17, 15) is 14.4 Å². The number of amides is 2. The van der Waals surface area contributed by atoms with E-state index in [0.29, 0.717) is 19.4 Å². The molecule has 1 aliphatic carbocycles. The van der Waals surface area contributed by atoms with E-state index in [-0.39, 0.29) is 42.2 Å². The smallest absolute Gasteiger partial charge is 0.308 e. The number of hydrogen-bond donors (Lipinski definition) is 2. The number of nitrogens with one attached hydrogen (secondary N) is 1. The van der Waals surface area contributed by atoms with Gasteiger partial charge in [0.2, 0.25) is 11.8 Å². The Kier molecular flexibility index (Phi) is 7.85. The number of likely N-dealkylation sites (tertiary alicyclic amines) is 1. The molecule has 0 radical (unpaired) electrons. The van der Waals surface area contributed by atoms with Crippen molar-refractivity contribution in [1.82, 2.24) is 10.2 Å². The number of carbonyl (C=O) groups is 3. The first-order chi connectivity index (χ1) is 14.5. The number of carbonyl (C=O) groups excluding carboxylic acids is 3. The molecule has 2 amide bonds. The molecule has 164 valence electrons. The molecular weight excluding hydrogens is 382 g/mol. The van der Waals surface area contributed by atoms with Gasteiger partial charge in [-0.1, -0.05) is 30.3 Å². The van der Waals surface area contributed by atoms with E-state index in [2.05, 4.69) is 5.32 Å². The number of benzene rings is 1. The molecule has 1 heterocycles. The second kappa shape index (κ2) is 10.6. The summed E-state index contributed by atoms with van der Waals surface area (Å²) >= 11 is 0. The molecule has 3 rings (SSSR count). The van der Waals surface area contributed by atoms with Gasteiger partial charge < -0.3 is 20.7 Å². The summed E-state index contributed by atoms with van der Waals surface area (Å²) < 4.78 is 4.82. The number of ether oxygens (including phenoxy) is 1. The van der Waals surface area contributed by atoms with Gasteiger partial charge in [0.05, 0.1) is 13.0 Å². The number of nitrogens with two attached hydrogens (primary N) is 1. The third-order valence-electron chi connectivity index (χ3n) is 6.26. The van der Waals surface area contributed by atoms with Crippen molar-refractivity contribution in [2.45, 2.75) is 69.5 Å². The lowest BCUT2D eigenvalue weighted by Crippen LogP contribution is -2.50. The van der Waals surface area contributed by atoms with Crippen LogP contribution in [0.4, 0.5) is 0 Å². The van der Waals surface area contributed by atoms with Gasteiger partial charge in [-0.3, -0.25) is 14.4 Å². The van der Waals surface area contributed by atoms with E-state index < -0.39 is 6.04 Å². The lowest BCUT2D eigenvalue weighted by molar-refractivity contribution is -0.146. The van der Waals surface area contributed by atoms with Crippen molar-refractivity contribution >= 4 is 17.8 Å². The van der Waals surface area contributed by atoms with Gasteiger partial charge in [-0.2, -0.15) is 0 Å². The molecular formula is C23H33N3O4. The largest absolute Gasteiger partial charge is 0.469 e. The Hall–Kier alpha value is -2.41. The fourth-order valence-corrected chi connectivity index (χ4v) is 4.61. The molecule has 2 fully saturated rings. The van der Waals surface area contributed by atoms with E-state index in [1.54, 1.807) is 4.90 Å². The zero-order chi connectivity index (χ0) is 21.5. The molecule has 0 unspecified atom stereocenters. The topological polar surface area (TPSA) is 102 Å². The number of esters is 1. The Balaban J connectivity index is 1.48. The van der Waals surface area contributed by atoms with Crippen molar-refractivity contribution in [2.75, 3.05) is 13.7 Å². The van der Waals surface area contributed by atoms with Gasteiger partial charge in [-0.25, -0.2) is 0 Å². The molecule has 1 aromatic rings. The molecule has 0 spiro atoms. The third kappa shape index (κ3) is 5.81. The van der Waals surface area contributed by atoms with Gasteiger partial charge in [0.1, 0.15) is 6.04 Å². The van der Waals surface area contributed by atoms with Crippen LogP contribution in [0, 0.1) is 5.92 Å². The third-order valence-corrected chi connectivity index (χ3v) is 6.26. The maximum atomic E-state index is 12.8. The molecule has 30 heavy (non-hydrogen) atoms. The molecule has 0 bridgehead atoms. The van der Waals surface area contributed by atoms with Gasteiger partial charge in [0.25, 0.3) is 0 Å². The van der Waals surface area contributed by atoms with E-state index in [0.717, 1.165) is 37.7 Å². The first-order valence-corrected chi connectivity index (χ1v) is 10.9. The van der Waals surface area contributed by atoms with Crippen LogP contribution in [-0.4, -0.2) is 54.5 Å². The second-order valence-corrected chi connectivity index (χ2v) is 8.48. The first-order valence-electron chi connectivity index (χ1n) is 10.9. The van der Waals surface area contributed by atoms with Crippen LogP contribution in [0.5, 0.6) is 0 Å². The van der Waals surface area contributed by atoms with Gasteiger partial charge in [0.15, 0.2) is 0 Å². The van der Waals surface area contributed by atoms with E-state index in [1.165, 1.54) is 7.11 Å². The number of hydrogen-bond acceptors (Lipinski definition) is 5. The standard InChI is InChI=1S/C23H33N3O4/c1-30-23(29)17-9-11-19(12-10-17)25-22(28)20-8-5-13-26(20)21(27)15-18(24)14-16-6-3-2-4-7-16/h2-4,6-7,17-20H,5,8-15,24H2,1H3,(H,25,28)/t17?,18-,19?,20+/m1/s1. The van der Waals surface area contributed by atoms with Crippen LogP contribution < -0.4 is 11.1 Å². The van der Waals surface area contributed by atoms with Crippen LogP contribution in [0.15, 0.2) is 30.3 Å². The highest BCUT2D eigenvalue weighted by molar-refractivity contribution is 5.88. The Morgan fingerprint density at radius 2 is 1.83 bits per heavy atom. The quantitative estimate of drug-likeness (QED) is 0.661. The highest BCUT2D eigenvalue weighted by Gasteiger charge is 2.36. The predicted molar refractivity (Wildman–Crippen MR) is 113 cm³/mol. The Morgan fingerprint density at radius 3 is 2.50 bits per heavy atom. The summed E-state index contributed by atoms with van der Waals surface area (Å²) in [5, 5.41) is 3.10. The molecule has 7 nitrogen and oxygen atoms in total. The summed E-state index contributed by atoms with van der Waals surface area (Å²) in [6, 6.07) is 9.26. The fourth-order valence-electron chi connectivity index (χ4n) is 4.61. The van der Waals surface area contributed by atoms with Crippen LogP contribution in [-0.2, 0) is 25.5 Å². The molecule has 1 saturated carbocycles. The Labute approximate surface area is 178 Å². The molecule has 7 heteroatoms. The van der Waals surface area contributed by atoms with Crippen LogP contribution in [0.3, 0.4) is 0 Å². The van der Waals surface area contributed by atoms with Crippen molar-refractivity contribution < 1.29 is 19.1 Å². The molecule has 1 aromatic carbocycles. The average molecular weight is 416 g/mol. The highest BCUT2D eigenvalue weighted by atomic mass is 16.5. The van der Waals surface area contributed by atoms with Gasteiger partial charge in [0, 0.05) is 25.0 Å². The lowest BCUT2D eigenvalue weighted by atomic mass is 9.86. The van der Waals surface area contributed by atoms with Gasteiger partial charge in [-0.15, -0.1) is 0 Å². The monoisotopic (exact) mass is 415 g/mol. The highest BCUT2D eigenvalue weighted by Crippen LogP contribution is 2.26. The zero-order valence-electron chi connectivity index (χ0n) is 17.7. The molecule has 1 saturated heterocycles. The summed E-state index contributed by atoms with van der Waals surface area (Å²) in [5.41, 5.74) is 7.32. The van der Waals surface area contributed by atoms with E-state index >= 15 is 0 Å². The van der Waals surface area contributed by atoms with Crippen molar-refractivity contribution in [3.8, 4) is 0 Å². The summed E-state index contributed by atoms with van der Waals surface area (Å²) in [7, 11) is 1.41. The van der Waals surface area contributed by atoms with Crippen molar-refractivity contribution in [2.24, 2.45) is 11.7 Å². The molecule has 1 aliphatic heterocycles. The van der Waals surface area contributed by atoms with Crippen LogP contribution in [0.2, 0.25) is 0 Å².